The van der Waals surface area contributed by atoms with E-state index in [1.165, 1.54) is 11.3 Å². The van der Waals surface area contributed by atoms with Crippen LogP contribution in [0.2, 0.25) is 0 Å². The number of carbonyl (C=O) groups excluding carboxylic acids is 1. The molecule has 0 aliphatic heterocycles. The van der Waals surface area contributed by atoms with Crippen LogP contribution in [0.4, 0.5) is 0 Å². The molecule has 146 valence electrons. The SMILES string of the molecule is Cc1cccc(C(C)(C)C)c1OCCNC(=O)Cc1nc(CC(=O)O)cs1. The van der Waals surface area contributed by atoms with Gasteiger partial charge in [0.1, 0.15) is 17.4 Å². The number of carboxylic acid groups (broad SMARTS) is 1. The Kier molecular flexibility index (Phi) is 6.96. The smallest absolute Gasteiger partial charge is 0.309 e. The third kappa shape index (κ3) is 6.36. The van der Waals surface area contributed by atoms with Crippen LogP contribution in [0.1, 0.15) is 42.6 Å². The number of aliphatic carboxylic acids is 1. The van der Waals surface area contributed by atoms with Crippen molar-refractivity contribution >= 4 is 23.2 Å². The van der Waals surface area contributed by atoms with Gasteiger partial charge in [-0.3, -0.25) is 9.59 Å². The molecule has 1 heterocycles. The van der Waals surface area contributed by atoms with E-state index in [2.05, 4.69) is 37.1 Å². The van der Waals surface area contributed by atoms with Crippen LogP contribution in [0.3, 0.4) is 0 Å². The summed E-state index contributed by atoms with van der Waals surface area (Å²) in [6, 6.07) is 6.11. The van der Waals surface area contributed by atoms with Gasteiger partial charge < -0.3 is 15.2 Å². The molecular formula is C20H26N2O4S. The zero-order valence-corrected chi connectivity index (χ0v) is 17.0. The van der Waals surface area contributed by atoms with Gasteiger partial charge in [0.05, 0.1) is 25.1 Å². The summed E-state index contributed by atoms with van der Waals surface area (Å²) in [5.74, 6) is -0.215. The standard InChI is InChI=1S/C20H26N2O4S/c1-13-6-5-7-15(20(2,3)4)19(13)26-9-8-21-16(23)11-17-22-14(12-27-17)10-18(24)25/h5-7,12H,8-11H2,1-4H3,(H,21,23)(H,24,25). The highest BCUT2D eigenvalue weighted by atomic mass is 32.1. The first-order chi connectivity index (χ1) is 12.7. The van der Waals surface area contributed by atoms with Gasteiger partial charge >= 0.3 is 5.97 Å². The highest BCUT2D eigenvalue weighted by molar-refractivity contribution is 7.09. The van der Waals surface area contributed by atoms with E-state index in [-0.39, 0.29) is 24.2 Å². The predicted molar refractivity (Wildman–Crippen MR) is 106 cm³/mol. The fourth-order valence-electron chi connectivity index (χ4n) is 2.64. The van der Waals surface area contributed by atoms with Gasteiger partial charge in [0.15, 0.2) is 0 Å². The van der Waals surface area contributed by atoms with Gasteiger partial charge in [-0.05, 0) is 23.5 Å². The van der Waals surface area contributed by atoms with Crippen molar-refractivity contribution in [3.8, 4) is 5.75 Å². The number of carboxylic acids is 1. The Morgan fingerprint density at radius 1 is 1.26 bits per heavy atom. The summed E-state index contributed by atoms with van der Waals surface area (Å²) in [4.78, 5) is 26.9. The monoisotopic (exact) mass is 390 g/mol. The fraction of sp³-hybridized carbons (Fsp3) is 0.450. The molecule has 0 saturated heterocycles. The quantitative estimate of drug-likeness (QED) is 0.676. The molecule has 2 N–H and O–H groups in total. The molecule has 0 atom stereocenters. The van der Waals surface area contributed by atoms with E-state index in [1.807, 2.05) is 19.1 Å². The number of hydrogen-bond donors (Lipinski definition) is 2. The van der Waals surface area contributed by atoms with Crippen LogP contribution in [0.15, 0.2) is 23.6 Å². The minimum absolute atomic E-state index is 0.0247. The molecule has 2 aromatic rings. The second-order valence-electron chi connectivity index (χ2n) is 7.38. The van der Waals surface area contributed by atoms with Crippen LogP contribution in [0, 0.1) is 6.92 Å². The van der Waals surface area contributed by atoms with Crippen molar-refractivity contribution < 1.29 is 19.4 Å². The molecule has 7 heteroatoms. The molecule has 0 unspecified atom stereocenters. The minimum Gasteiger partial charge on any atom is -0.491 e. The number of benzene rings is 1. The van der Waals surface area contributed by atoms with Gasteiger partial charge in [-0.1, -0.05) is 39.0 Å². The molecule has 0 fully saturated rings. The van der Waals surface area contributed by atoms with Gasteiger partial charge in [-0.25, -0.2) is 4.98 Å². The molecule has 0 radical (unpaired) electrons. The Labute approximate surface area is 163 Å². The third-order valence-electron chi connectivity index (χ3n) is 3.93. The van der Waals surface area contributed by atoms with Gasteiger partial charge in [0.2, 0.25) is 5.91 Å². The minimum atomic E-state index is -0.931. The van der Waals surface area contributed by atoms with E-state index in [9.17, 15) is 9.59 Å². The maximum absolute atomic E-state index is 12.0. The van der Waals surface area contributed by atoms with Gasteiger partial charge in [0, 0.05) is 5.38 Å². The molecular weight excluding hydrogens is 364 g/mol. The van der Waals surface area contributed by atoms with E-state index in [4.69, 9.17) is 9.84 Å². The molecule has 6 nitrogen and oxygen atoms in total. The van der Waals surface area contributed by atoms with Crippen LogP contribution >= 0.6 is 11.3 Å². The maximum atomic E-state index is 12.0. The molecule has 0 aliphatic rings. The Balaban J connectivity index is 1.83. The molecule has 1 aromatic heterocycles. The Bertz CT molecular complexity index is 809. The van der Waals surface area contributed by atoms with Gasteiger partial charge in [-0.15, -0.1) is 11.3 Å². The summed E-state index contributed by atoms with van der Waals surface area (Å²) in [7, 11) is 0. The molecule has 2 rings (SSSR count). The topological polar surface area (TPSA) is 88.5 Å². The van der Waals surface area contributed by atoms with Gasteiger partial charge in [0.25, 0.3) is 0 Å². The molecule has 27 heavy (non-hydrogen) atoms. The first-order valence-electron chi connectivity index (χ1n) is 8.81. The van der Waals surface area contributed by atoms with Gasteiger partial charge in [-0.2, -0.15) is 0 Å². The Hall–Kier alpha value is -2.41. The predicted octanol–water partition coefficient (Wildman–Crippen LogP) is 3.11. The number of carbonyl (C=O) groups is 2. The molecule has 0 bridgehead atoms. The largest absolute Gasteiger partial charge is 0.491 e. The summed E-state index contributed by atoms with van der Waals surface area (Å²) in [5.41, 5.74) is 2.67. The van der Waals surface area contributed by atoms with Crippen molar-refractivity contribution in [3.05, 3.63) is 45.4 Å². The highest BCUT2D eigenvalue weighted by Crippen LogP contribution is 2.33. The maximum Gasteiger partial charge on any atom is 0.309 e. The van der Waals surface area contributed by atoms with E-state index in [0.29, 0.717) is 23.9 Å². The Morgan fingerprint density at radius 2 is 2.00 bits per heavy atom. The summed E-state index contributed by atoms with van der Waals surface area (Å²) >= 11 is 1.30. The van der Waals surface area contributed by atoms with Crippen molar-refractivity contribution in [3.63, 3.8) is 0 Å². The van der Waals surface area contributed by atoms with E-state index in [1.54, 1.807) is 5.38 Å². The molecule has 1 amide bonds. The first-order valence-corrected chi connectivity index (χ1v) is 9.69. The van der Waals surface area contributed by atoms with Crippen molar-refractivity contribution in [2.75, 3.05) is 13.2 Å². The van der Waals surface area contributed by atoms with E-state index >= 15 is 0 Å². The van der Waals surface area contributed by atoms with Crippen molar-refractivity contribution in [2.45, 2.75) is 46.0 Å². The number of thiazole rings is 1. The number of nitrogens with one attached hydrogen (secondary N) is 1. The first kappa shape index (κ1) is 20.9. The second kappa shape index (κ2) is 8.99. The van der Waals surface area contributed by atoms with Crippen LogP contribution in [0.25, 0.3) is 0 Å². The lowest BCUT2D eigenvalue weighted by molar-refractivity contribution is -0.136. The zero-order chi connectivity index (χ0) is 20.0. The summed E-state index contributed by atoms with van der Waals surface area (Å²) in [6.07, 6.45) is 0.0143. The van der Waals surface area contributed by atoms with E-state index in [0.717, 1.165) is 16.9 Å². The average Bonchev–Trinajstić information content (AvgIpc) is 2.97. The number of rotatable bonds is 8. The molecule has 0 spiro atoms. The average molecular weight is 391 g/mol. The number of nitrogens with zero attached hydrogens (tertiary/aromatic N) is 1. The van der Waals surface area contributed by atoms with Crippen molar-refractivity contribution in [1.29, 1.82) is 0 Å². The Morgan fingerprint density at radius 3 is 2.67 bits per heavy atom. The highest BCUT2D eigenvalue weighted by Gasteiger charge is 2.20. The lowest BCUT2D eigenvalue weighted by atomic mass is 9.85. The lowest BCUT2D eigenvalue weighted by Gasteiger charge is -2.24. The third-order valence-corrected chi connectivity index (χ3v) is 4.83. The molecule has 0 saturated carbocycles. The van der Waals surface area contributed by atoms with Crippen molar-refractivity contribution in [1.82, 2.24) is 10.3 Å². The normalized spacial score (nSPS) is 11.3. The number of para-hydroxylation sites is 1. The van der Waals surface area contributed by atoms with Crippen molar-refractivity contribution in [2.24, 2.45) is 0 Å². The fourth-order valence-corrected chi connectivity index (χ4v) is 3.44. The van der Waals surface area contributed by atoms with Crippen LogP contribution in [-0.2, 0) is 27.8 Å². The number of hydrogen-bond acceptors (Lipinski definition) is 5. The summed E-state index contributed by atoms with van der Waals surface area (Å²) in [5, 5.41) is 13.9. The number of aromatic nitrogens is 1. The lowest BCUT2D eigenvalue weighted by Crippen LogP contribution is -2.29. The second-order valence-corrected chi connectivity index (χ2v) is 8.32. The molecule has 0 aliphatic carbocycles. The van der Waals surface area contributed by atoms with E-state index < -0.39 is 5.97 Å². The number of amides is 1. The summed E-state index contributed by atoms with van der Waals surface area (Å²) in [6.45, 7) is 9.21. The molecule has 1 aromatic carbocycles. The number of aryl methyl sites for hydroxylation is 1. The number of ether oxygens (including phenoxy) is 1. The zero-order valence-electron chi connectivity index (χ0n) is 16.2. The van der Waals surface area contributed by atoms with Crippen LogP contribution < -0.4 is 10.1 Å². The van der Waals surface area contributed by atoms with Crippen LogP contribution in [-0.4, -0.2) is 35.1 Å². The summed E-state index contributed by atoms with van der Waals surface area (Å²) < 4.78 is 5.95. The van der Waals surface area contributed by atoms with Crippen LogP contribution in [0.5, 0.6) is 5.75 Å².